The van der Waals surface area contributed by atoms with E-state index in [-0.39, 0.29) is 14.5 Å². The lowest BCUT2D eigenvalue weighted by molar-refractivity contribution is -0.142. The van der Waals surface area contributed by atoms with Crippen LogP contribution in [-0.2, 0) is 14.1 Å². The number of fused-ring (bicyclic) bond motifs is 4. The molecule has 1 unspecified atom stereocenters. The van der Waals surface area contributed by atoms with Crippen molar-refractivity contribution in [3.8, 4) is 5.75 Å². The Kier molecular flexibility index (Phi) is 9.46. The summed E-state index contributed by atoms with van der Waals surface area (Å²) < 4.78 is 34.4. The maximum Gasteiger partial charge on any atom is 0.440 e. The lowest BCUT2D eigenvalue weighted by Gasteiger charge is -2.24. The molecule has 0 bridgehead atoms. The van der Waals surface area contributed by atoms with Gasteiger partial charge >= 0.3 is 13.6 Å². The number of nitrogens with zero attached hydrogens (tertiary/aromatic N) is 3. The van der Waals surface area contributed by atoms with Crippen molar-refractivity contribution in [2.24, 2.45) is 0 Å². The summed E-state index contributed by atoms with van der Waals surface area (Å²) >= 11 is 1.38. The number of pyridine rings is 1. The highest BCUT2D eigenvalue weighted by molar-refractivity contribution is 7.99. The van der Waals surface area contributed by atoms with Gasteiger partial charge in [0, 0.05) is 36.7 Å². The maximum absolute atomic E-state index is 15.5. The minimum absolute atomic E-state index is 0. The Bertz CT molecular complexity index is 2510. The molecule has 13 heteroatoms. The van der Waals surface area contributed by atoms with Gasteiger partial charge in [0.1, 0.15) is 23.0 Å². The van der Waals surface area contributed by atoms with Gasteiger partial charge in [-0.05, 0) is 79.7 Å². The number of carbonyl (C=O) groups excluding carboxylic acids is 2. The molecule has 0 saturated heterocycles. The van der Waals surface area contributed by atoms with Gasteiger partial charge in [-0.3, -0.25) is 14.6 Å². The molecule has 51 heavy (non-hydrogen) atoms. The standard InChI is InChI=1S/C38H32N5O6PS.2H2/c1-24(38(45)47-3)42-50(46,49-34-16-10-15-33-36(34)28-12-4-6-14-32(28)48-33)43-31-23-26(51-35-17-7-5-13-29(35)37(44)39-2)19-20-27(31)30(41-43)21-18-25-11-8-9-22-40-25;;/h4-24H,1-3H3,(H,39,44)(H,42,46);2*1H/b21-18+;;/t24-,50?;;/m0../s1. The van der Waals surface area contributed by atoms with Crippen LogP contribution < -0.4 is 14.9 Å². The number of carbonyl (C=O) groups is 2. The first-order chi connectivity index (χ1) is 24.8. The highest BCUT2D eigenvalue weighted by Gasteiger charge is 2.36. The van der Waals surface area contributed by atoms with E-state index in [4.69, 9.17) is 18.8 Å². The van der Waals surface area contributed by atoms with Crippen LogP contribution in [0.2, 0.25) is 0 Å². The second-order valence-corrected chi connectivity index (χ2v) is 14.4. The molecule has 1 amide bonds. The smallest absolute Gasteiger partial charge is 0.440 e. The van der Waals surface area contributed by atoms with Gasteiger partial charge < -0.3 is 19.0 Å². The van der Waals surface area contributed by atoms with Gasteiger partial charge in [0.25, 0.3) is 5.91 Å². The van der Waals surface area contributed by atoms with E-state index in [0.29, 0.717) is 44.4 Å². The fraction of sp³-hybridized carbons (Fsp3) is 0.105. The van der Waals surface area contributed by atoms with E-state index in [1.807, 2.05) is 84.9 Å². The Balaban J connectivity index is 0.00000271. The SMILES string of the molecule is CNC(=O)c1ccccc1Sc1ccc2c(/C=C/c3ccccn3)nn(P(=O)(N[C@@H](C)C(=O)OC)Oc3cccc4oc5ccccc5c34)c2c1.[HH].[HH]. The van der Waals surface area contributed by atoms with Crippen molar-refractivity contribution < 1.29 is 30.7 Å². The summed E-state index contributed by atoms with van der Waals surface area (Å²) in [4.78, 5) is 31.3. The van der Waals surface area contributed by atoms with Crippen LogP contribution >= 0.6 is 19.4 Å². The molecule has 0 aliphatic carbocycles. The minimum atomic E-state index is -4.34. The van der Waals surface area contributed by atoms with Crippen LogP contribution in [0.25, 0.3) is 45.0 Å². The van der Waals surface area contributed by atoms with Crippen LogP contribution in [0.1, 0.15) is 31.5 Å². The van der Waals surface area contributed by atoms with Crippen LogP contribution in [0.15, 0.2) is 124 Å². The summed E-state index contributed by atoms with van der Waals surface area (Å²) in [5, 5.41) is 12.5. The molecule has 7 aromatic rings. The van der Waals surface area contributed by atoms with Gasteiger partial charge in [0.05, 0.1) is 35.0 Å². The number of amides is 1. The van der Waals surface area contributed by atoms with Crippen molar-refractivity contribution in [1.29, 1.82) is 0 Å². The number of hydrogen-bond donors (Lipinski definition) is 2. The number of methoxy groups -OCH3 is 1. The summed E-state index contributed by atoms with van der Waals surface area (Å²) in [6.07, 6.45) is 5.28. The first kappa shape index (κ1) is 33.8. The quantitative estimate of drug-likeness (QED) is 0.0986. The third-order valence-electron chi connectivity index (χ3n) is 8.10. The molecule has 0 aliphatic heterocycles. The van der Waals surface area contributed by atoms with Gasteiger partial charge in [0.15, 0.2) is 0 Å². The molecular weight excluding hydrogens is 685 g/mol. The highest BCUT2D eigenvalue weighted by atomic mass is 32.2. The molecule has 0 aliphatic rings. The number of nitrogens with one attached hydrogen (secondary N) is 2. The largest absolute Gasteiger partial charge is 0.468 e. The maximum atomic E-state index is 15.5. The van der Waals surface area contributed by atoms with Gasteiger partial charge in [-0.15, -0.1) is 0 Å². The summed E-state index contributed by atoms with van der Waals surface area (Å²) in [5.74, 6) is -0.588. The van der Waals surface area contributed by atoms with Crippen LogP contribution in [-0.4, -0.2) is 46.6 Å². The van der Waals surface area contributed by atoms with E-state index < -0.39 is 19.7 Å². The average Bonchev–Trinajstić information content (AvgIpc) is 3.73. The first-order valence-electron chi connectivity index (χ1n) is 15.9. The predicted octanol–water partition coefficient (Wildman–Crippen LogP) is 8.69. The summed E-state index contributed by atoms with van der Waals surface area (Å²) in [6, 6.07) is 30.2. The number of rotatable bonds is 11. The Hall–Kier alpha value is -5.68. The van der Waals surface area contributed by atoms with E-state index in [0.717, 1.165) is 15.2 Å². The fourth-order valence-electron chi connectivity index (χ4n) is 5.68. The van der Waals surface area contributed by atoms with Crippen molar-refractivity contribution >= 4 is 76.3 Å². The molecule has 260 valence electrons. The van der Waals surface area contributed by atoms with Crippen LogP contribution in [0.5, 0.6) is 5.75 Å². The van der Waals surface area contributed by atoms with E-state index in [1.165, 1.54) is 23.3 Å². The van der Waals surface area contributed by atoms with Crippen LogP contribution in [0.4, 0.5) is 0 Å². The summed E-state index contributed by atoms with van der Waals surface area (Å²) in [7, 11) is -1.49. The van der Waals surface area contributed by atoms with Crippen molar-refractivity contribution in [2.75, 3.05) is 14.2 Å². The van der Waals surface area contributed by atoms with Gasteiger partial charge in [0.2, 0.25) is 0 Å². The van der Waals surface area contributed by atoms with E-state index in [9.17, 15) is 9.59 Å². The Labute approximate surface area is 300 Å². The first-order valence-corrected chi connectivity index (χ1v) is 18.3. The number of aromatic nitrogens is 3. The Morgan fingerprint density at radius 1 is 0.941 bits per heavy atom. The summed E-state index contributed by atoms with van der Waals surface area (Å²) in [5.41, 5.74) is 3.34. The summed E-state index contributed by atoms with van der Waals surface area (Å²) in [6.45, 7) is 1.54. The Morgan fingerprint density at radius 3 is 2.53 bits per heavy atom. The number of hydrogen-bond acceptors (Lipinski definition) is 9. The van der Waals surface area contributed by atoms with Crippen molar-refractivity contribution in [3.63, 3.8) is 0 Å². The van der Waals surface area contributed by atoms with Gasteiger partial charge in [-0.2, -0.15) is 9.55 Å². The highest BCUT2D eigenvalue weighted by Crippen LogP contribution is 2.50. The lowest BCUT2D eigenvalue weighted by atomic mass is 10.1. The molecule has 3 aromatic heterocycles. The van der Waals surface area contributed by atoms with Gasteiger partial charge in [-0.1, -0.05) is 54.2 Å². The lowest BCUT2D eigenvalue weighted by Crippen LogP contribution is -2.36. The number of ether oxygens (including phenoxy) is 1. The third-order valence-corrected chi connectivity index (χ3v) is 11.1. The molecule has 7 rings (SSSR count). The van der Waals surface area contributed by atoms with Crippen molar-refractivity contribution in [1.82, 2.24) is 24.9 Å². The van der Waals surface area contributed by atoms with Crippen LogP contribution in [0, 0.1) is 0 Å². The number of furan rings is 1. The molecular formula is C38H36N5O6PS. The fourth-order valence-corrected chi connectivity index (χ4v) is 8.57. The molecule has 2 atom stereocenters. The molecule has 0 saturated carbocycles. The predicted molar refractivity (Wildman–Crippen MR) is 203 cm³/mol. The minimum Gasteiger partial charge on any atom is -0.468 e. The van der Waals surface area contributed by atoms with E-state index >= 15 is 4.57 Å². The normalized spacial score (nSPS) is 13.4. The Morgan fingerprint density at radius 2 is 1.73 bits per heavy atom. The number of para-hydroxylation sites is 1. The zero-order valence-electron chi connectivity index (χ0n) is 27.8. The number of benzene rings is 4. The van der Waals surface area contributed by atoms with Crippen LogP contribution in [0.3, 0.4) is 0 Å². The van der Waals surface area contributed by atoms with Gasteiger partial charge in [-0.25, -0.2) is 9.65 Å². The second kappa shape index (κ2) is 14.3. The zero-order chi connectivity index (χ0) is 35.5. The van der Waals surface area contributed by atoms with Crippen molar-refractivity contribution in [3.05, 3.63) is 126 Å². The molecule has 11 nitrogen and oxygen atoms in total. The monoisotopic (exact) mass is 721 g/mol. The number of esters is 1. The van der Waals surface area contributed by atoms with Crippen molar-refractivity contribution in [2.45, 2.75) is 22.8 Å². The second-order valence-electron chi connectivity index (χ2n) is 11.4. The zero-order valence-corrected chi connectivity index (χ0v) is 29.5. The molecule has 0 radical (unpaired) electrons. The average molecular weight is 722 g/mol. The van der Waals surface area contributed by atoms with E-state index in [2.05, 4.69) is 15.4 Å². The molecule has 0 fully saturated rings. The third kappa shape index (κ3) is 6.77. The molecule has 0 spiro atoms. The molecule has 2 N–H and O–H groups in total. The molecule has 4 aromatic carbocycles. The topological polar surface area (TPSA) is 138 Å². The van der Waals surface area contributed by atoms with E-state index in [1.54, 1.807) is 50.5 Å². The molecule has 3 heterocycles.